The van der Waals surface area contributed by atoms with Crippen molar-refractivity contribution in [2.24, 2.45) is 5.10 Å². The molecule has 0 unspecified atom stereocenters. The summed E-state index contributed by atoms with van der Waals surface area (Å²) in [4.78, 5) is 29.6. The van der Waals surface area contributed by atoms with Crippen LogP contribution in [0.1, 0.15) is 41.4 Å². The lowest BCUT2D eigenvalue weighted by atomic mass is 10.0. The van der Waals surface area contributed by atoms with Crippen LogP contribution in [0.5, 0.6) is 11.5 Å². The minimum atomic E-state index is -1.19. The van der Waals surface area contributed by atoms with Gasteiger partial charge in [0.2, 0.25) is 0 Å². The third-order valence-corrected chi connectivity index (χ3v) is 5.18. The highest BCUT2D eigenvalue weighted by atomic mass is 19.1. The number of anilines is 1. The molecular weight excluding hydrogens is 509 g/mol. The van der Waals surface area contributed by atoms with E-state index in [4.69, 9.17) is 24.2 Å². The minimum absolute atomic E-state index is 0.00307. The van der Waals surface area contributed by atoms with Crippen LogP contribution >= 0.6 is 0 Å². The van der Waals surface area contributed by atoms with Crippen LogP contribution < -0.4 is 20.4 Å². The van der Waals surface area contributed by atoms with E-state index >= 15 is 4.39 Å². The second-order valence-corrected chi connectivity index (χ2v) is 7.88. The van der Waals surface area contributed by atoms with Crippen molar-refractivity contribution in [3.63, 3.8) is 0 Å². The van der Waals surface area contributed by atoms with Crippen LogP contribution in [0, 0.1) is 5.82 Å². The van der Waals surface area contributed by atoms with Crippen molar-refractivity contribution >= 4 is 23.8 Å². The van der Waals surface area contributed by atoms with E-state index in [2.05, 4.69) is 16.0 Å². The molecule has 0 saturated carbocycles. The van der Waals surface area contributed by atoms with Crippen LogP contribution in [0.3, 0.4) is 0 Å². The van der Waals surface area contributed by atoms with Gasteiger partial charge in [-0.1, -0.05) is 30.3 Å². The number of rotatable bonds is 14. The highest BCUT2D eigenvalue weighted by Gasteiger charge is 2.27. The number of nitrogens with one attached hydrogen (secondary N) is 2. The molecule has 0 bridgehead atoms. The van der Waals surface area contributed by atoms with E-state index in [0.29, 0.717) is 16.8 Å². The molecule has 0 heterocycles. The topological polar surface area (TPSA) is 128 Å². The Morgan fingerprint density at radius 1 is 1.00 bits per heavy atom. The first-order valence-corrected chi connectivity index (χ1v) is 12.2. The van der Waals surface area contributed by atoms with Crippen molar-refractivity contribution in [2.45, 2.75) is 19.9 Å². The van der Waals surface area contributed by atoms with E-state index in [-0.39, 0.29) is 43.5 Å². The molecule has 0 radical (unpaired) electrons. The Balaban J connectivity index is 1.72. The van der Waals surface area contributed by atoms with Gasteiger partial charge in [-0.25, -0.2) is 14.0 Å². The number of halogens is 1. The summed E-state index contributed by atoms with van der Waals surface area (Å²) in [6.07, 6.45) is 1.43. The molecule has 3 aromatic carbocycles. The summed E-state index contributed by atoms with van der Waals surface area (Å²) in [5, 5.41) is 15.9. The summed E-state index contributed by atoms with van der Waals surface area (Å²) in [6.45, 7) is 3.50. The number of carbonyl (C=O) groups excluding carboxylic acids is 2. The molecule has 206 valence electrons. The van der Waals surface area contributed by atoms with E-state index in [1.165, 1.54) is 12.3 Å². The van der Waals surface area contributed by atoms with Crippen molar-refractivity contribution < 1.29 is 38.1 Å². The maximum absolute atomic E-state index is 15.1. The molecular formula is C28H30FN3O7. The van der Waals surface area contributed by atoms with E-state index in [1.54, 1.807) is 68.4 Å². The zero-order chi connectivity index (χ0) is 28.0. The SMILES string of the molecule is CCOC(=O)[C@H](Nc1ccc(C=NNOC(=O)c2ccccc2)cc1)c1cc(OCC)c(OCCO)cc1F. The third kappa shape index (κ3) is 8.44. The molecule has 0 saturated heterocycles. The van der Waals surface area contributed by atoms with Crippen LogP contribution in [-0.2, 0) is 14.4 Å². The summed E-state index contributed by atoms with van der Waals surface area (Å²) < 4.78 is 31.3. The first-order valence-electron chi connectivity index (χ1n) is 12.2. The smallest absolute Gasteiger partial charge is 0.364 e. The fraction of sp³-hybridized carbons (Fsp3) is 0.250. The van der Waals surface area contributed by atoms with Crippen molar-refractivity contribution in [3.05, 3.63) is 89.2 Å². The lowest BCUT2D eigenvalue weighted by Gasteiger charge is -2.21. The Kier molecular flexibility index (Phi) is 11.1. The molecule has 0 fully saturated rings. The van der Waals surface area contributed by atoms with Gasteiger partial charge in [-0.05, 0) is 49.7 Å². The minimum Gasteiger partial charge on any atom is -0.490 e. The van der Waals surface area contributed by atoms with Gasteiger partial charge in [0, 0.05) is 17.3 Å². The second kappa shape index (κ2) is 14.9. The standard InChI is InChI=1S/C28H30FN3O7/c1-3-36-24-16-22(23(29)17-25(24)38-15-14-33)26(28(35)37-4-2)31-21-12-10-19(11-13-21)18-30-32-39-27(34)20-8-6-5-7-9-20/h5-13,16-18,26,31-33H,3-4,14-15H2,1-2H3/t26-/m1/s1. The number of ether oxygens (including phenoxy) is 3. The Labute approximate surface area is 225 Å². The van der Waals surface area contributed by atoms with Gasteiger partial charge in [-0.15, -0.1) is 5.59 Å². The predicted molar refractivity (Wildman–Crippen MR) is 142 cm³/mol. The number of aliphatic hydroxyl groups is 1. The summed E-state index contributed by atoms with van der Waals surface area (Å²) in [5.41, 5.74) is 3.78. The fourth-order valence-corrected chi connectivity index (χ4v) is 3.43. The number of hydrazone groups is 1. The number of aliphatic hydroxyl groups excluding tert-OH is 1. The molecule has 1 atom stereocenters. The van der Waals surface area contributed by atoms with Gasteiger partial charge in [0.1, 0.15) is 12.4 Å². The summed E-state index contributed by atoms with van der Waals surface area (Å²) >= 11 is 0. The van der Waals surface area contributed by atoms with E-state index in [9.17, 15) is 9.59 Å². The quantitative estimate of drug-likeness (QED) is 0.158. The zero-order valence-electron chi connectivity index (χ0n) is 21.6. The molecule has 0 aliphatic carbocycles. The normalized spacial score (nSPS) is 11.5. The van der Waals surface area contributed by atoms with Gasteiger partial charge >= 0.3 is 11.9 Å². The van der Waals surface area contributed by atoms with Crippen LogP contribution in [0.15, 0.2) is 71.8 Å². The molecule has 0 spiro atoms. The van der Waals surface area contributed by atoms with Gasteiger partial charge in [-0.2, -0.15) is 5.10 Å². The molecule has 39 heavy (non-hydrogen) atoms. The molecule has 10 nitrogen and oxygen atoms in total. The maximum Gasteiger partial charge on any atom is 0.364 e. The fourth-order valence-electron chi connectivity index (χ4n) is 3.43. The highest BCUT2D eigenvalue weighted by molar-refractivity contribution is 5.89. The number of hydrogen-bond acceptors (Lipinski definition) is 10. The Hall–Kier alpha value is -4.64. The van der Waals surface area contributed by atoms with Crippen molar-refractivity contribution in [2.75, 3.05) is 31.7 Å². The molecule has 3 aromatic rings. The highest BCUT2D eigenvalue weighted by Crippen LogP contribution is 2.34. The molecule has 0 aliphatic heterocycles. The Bertz CT molecular complexity index is 1250. The number of hydrogen-bond donors (Lipinski definition) is 3. The Morgan fingerprint density at radius 2 is 1.72 bits per heavy atom. The average Bonchev–Trinajstić information content (AvgIpc) is 2.95. The Morgan fingerprint density at radius 3 is 2.38 bits per heavy atom. The van der Waals surface area contributed by atoms with Gasteiger partial charge < -0.3 is 29.5 Å². The molecule has 0 aliphatic rings. The lowest BCUT2D eigenvalue weighted by molar-refractivity contribution is -0.144. The van der Waals surface area contributed by atoms with Crippen molar-refractivity contribution in [1.29, 1.82) is 0 Å². The molecule has 0 amide bonds. The lowest BCUT2D eigenvalue weighted by Crippen LogP contribution is -2.24. The number of esters is 1. The first-order chi connectivity index (χ1) is 19.0. The van der Waals surface area contributed by atoms with Crippen molar-refractivity contribution in [3.8, 4) is 11.5 Å². The monoisotopic (exact) mass is 539 g/mol. The van der Waals surface area contributed by atoms with Gasteiger partial charge in [0.25, 0.3) is 0 Å². The average molecular weight is 540 g/mol. The number of nitrogens with zero attached hydrogens (tertiary/aromatic N) is 1. The van der Waals surface area contributed by atoms with Crippen LogP contribution in [0.25, 0.3) is 0 Å². The summed E-state index contributed by atoms with van der Waals surface area (Å²) in [6, 6.07) is 16.5. The summed E-state index contributed by atoms with van der Waals surface area (Å²) in [5.74, 6) is -1.63. The van der Waals surface area contributed by atoms with Crippen LogP contribution in [0.4, 0.5) is 10.1 Å². The van der Waals surface area contributed by atoms with Gasteiger partial charge in [0.05, 0.1) is 31.6 Å². The second-order valence-electron chi connectivity index (χ2n) is 7.88. The zero-order valence-corrected chi connectivity index (χ0v) is 21.6. The van der Waals surface area contributed by atoms with Crippen molar-refractivity contribution in [1.82, 2.24) is 5.59 Å². The first kappa shape index (κ1) is 28.9. The predicted octanol–water partition coefficient (Wildman–Crippen LogP) is 4.01. The number of carbonyl (C=O) groups is 2. The van der Waals surface area contributed by atoms with E-state index in [0.717, 1.165) is 6.07 Å². The summed E-state index contributed by atoms with van der Waals surface area (Å²) in [7, 11) is 0. The van der Waals surface area contributed by atoms with E-state index < -0.39 is 23.8 Å². The third-order valence-electron chi connectivity index (χ3n) is 5.18. The molecule has 0 aromatic heterocycles. The number of benzene rings is 3. The van der Waals surface area contributed by atoms with Crippen LogP contribution in [0.2, 0.25) is 0 Å². The van der Waals surface area contributed by atoms with Gasteiger partial charge in [-0.3, -0.25) is 0 Å². The van der Waals surface area contributed by atoms with E-state index in [1.807, 2.05) is 0 Å². The molecule has 11 heteroatoms. The molecule has 3 N–H and O–H groups in total. The molecule has 3 rings (SSSR count). The largest absolute Gasteiger partial charge is 0.490 e. The van der Waals surface area contributed by atoms with Crippen LogP contribution in [-0.4, -0.2) is 49.7 Å². The van der Waals surface area contributed by atoms with Gasteiger partial charge in [0.15, 0.2) is 17.5 Å². The maximum atomic E-state index is 15.1.